The van der Waals surface area contributed by atoms with E-state index >= 15 is 0 Å². The van der Waals surface area contributed by atoms with Crippen molar-refractivity contribution in [2.24, 2.45) is 7.05 Å². The Kier molecular flexibility index (Phi) is 4.32. The lowest BCUT2D eigenvalue weighted by atomic mass is 10.3. The summed E-state index contributed by atoms with van der Waals surface area (Å²) >= 11 is 0. The van der Waals surface area contributed by atoms with Gasteiger partial charge < -0.3 is 0 Å². The molecule has 0 atom stereocenters. The topological polar surface area (TPSA) is 64.0 Å². The molecule has 17 heavy (non-hydrogen) atoms. The van der Waals surface area contributed by atoms with Crippen LogP contribution in [0.5, 0.6) is 0 Å². The van der Waals surface area contributed by atoms with E-state index in [4.69, 9.17) is 6.42 Å². The minimum Gasteiger partial charge on any atom is -0.271 e. The van der Waals surface area contributed by atoms with Crippen LogP contribution in [-0.2, 0) is 17.1 Å². The molecule has 1 aromatic heterocycles. The van der Waals surface area contributed by atoms with E-state index in [1.54, 1.807) is 25.6 Å². The number of nitrogens with one attached hydrogen (secondary N) is 1. The molecule has 0 saturated carbocycles. The summed E-state index contributed by atoms with van der Waals surface area (Å²) in [6, 6.07) is 0. The van der Waals surface area contributed by atoms with Gasteiger partial charge in [-0.25, -0.2) is 13.1 Å². The van der Waals surface area contributed by atoms with Crippen molar-refractivity contribution in [3.05, 3.63) is 11.4 Å². The maximum absolute atomic E-state index is 12.0. The van der Waals surface area contributed by atoms with Crippen molar-refractivity contribution in [3.8, 4) is 12.3 Å². The van der Waals surface area contributed by atoms with Gasteiger partial charge in [-0.1, -0.05) is 0 Å². The van der Waals surface area contributed by atoms with Gasteiger partial charge in [0, 0.05) is 20.0 Å². The maximum Gasteiger partial charge on any atom is 0.244 e. The standard InChI is InChI=1S/C11H17N3O2S/c1-5-6-7-8-12-17(15,16)11-9(2)13-14(4)10(11)3/h1,12H,6-8H2,2-4H3. The SMILES string of the molecule is C#CCCCNS(=O)(=O)c1c(C)nn(C)c1C. The Balaban J connectivity index is 2.87. The van der Waals surface area contributed by atoms with E-state index in [1.165, 1.54) is 0 Å². The fourth-order valence-electron chi connectivity index (χ4n) is 1.61. The number of aryl methyl sites for hydroxylation is 2. The van der Waals surface area contributed by atoms with E-state index in [9.17, 15) is 8.42 Å². The highest BCUT2D eigenvalue weighted by molar-refractivity contribution is 7.89. The van der Waals surface area contributed by atoms with E-state index in [1.807, 2.05) is 0 Å². The van der Waals surface area contributed by atoms with E-state index in [0.29, 0.717) is 30.8 Å². The fraction of sp³-hybridized carbons (Fsp3) is 0.545. The molecule has 0 amide bonds. The number of rotatable bonds is 5. The quantitative estimate of drug-likeness (QED) is 0.623. The number of terminal acetylenes is 1. The highest BCUT2D eigenvalue weighted by atomic mass is 32.2. The van der Waals surface area contributed by atoms with E-state index in [0.717, 1.165) is 0 Å². The predicted octanol–water partition coefficient (Wildman–Crippen LogP) is 0.729. The lowest BCUT2D eigenvalue weighted by molar-refractivity contribution is 0.578. The lowest BCUT2D eigenvalue weighted by Crippen LogP contribution is -2.25. The molecule has 0 saturated heterocycles. The second-order valence-electron chi connectivity index (χ2n) is 3.83. The average molecular weight is 255 g/mol. The number of hydrogen-bond acceptors (Lipinski definition) is 3. The molecule has 0 bridgehead atoms. The van der Waals surface area contributed by atoms with Gasteiger partial charge in [-0.05, 0) is 20.3 Å². The fourth-order valence-corrected chi connectivity index (χ4v) is 3.12. The first kappa shape index (κ1) is 13.7. The molecule has 6 heteroatoms. The summed E-state index contributed by atoms with van der Waals surface area (Å²) in [7, 11) is -1.76. The zero-order valence-electron chi connectivity index (χ0n) is 10.3. The van der Waals surface area contributed by atoms with Crippen molar-refractivity contribution in [1.82, 2.24) is 14.5 Å². The normalized spacial score (nSPS) is 11.4. The largest absolute Gasteiger partial charge is 0.271 e. The maximum atomic E-state index is 12.0. The summed E-state index contributed by atoms with van der Waals surface area (Å²) in [5, 5.41) is 4.09. The highest BCUT2D eigenvalue weighted by Crippen LogP contribution is 2.17. The summed E-state index contributed by atoms with van der Waals surface area (Å²) in [6.45, 7) is 3.76. The van der Waals surface area contributed by atoms with Crippen LogP contribution in [0.15, 0.2) is 4.90 Å². The Hall–Kier alpha value is -1.32. The molecule has 1 aromatic rings. The van der Waals surface area contributed by atoms with Gasteiger partial charge in [-0.3, -0.25) is 4.68 Å². The number of sulfonamides is 1. The number of aromatic nitrogens is 2. The van der Waals surface area contributed by atoms with Gasteiger partial charge in [0.2, 0.25) is 10.0 Å². The van der Waals surface area contributed by atoms with Crippen LogP contribution in [0.1, 0.15) is 24.2 Å². The van der Waals surface area contributed by atoms with Gasteiger partial charge in [0.15, 0.2) is 0 Å². The Labute approximate surface area is 102 Å². The summed E-state index contributed by atoms with van der Waals surface area (Å²) in [4.78, 5) is 0.265. The number of hydrogen-bond donors (Lipinski definition) is 1. The zero-order valence-corrected chi connectivity index (χ0v) is 11.1. The smallest absolute Gasteiger partial charge is 0.244 e. The lowest BCUT2D eigenvalue weighted by Gasteiger charge is -2.06. The van der Waals surface area contributed by atoms with Crippen molar-refractivity contribution in [1.29, 1.82) is 0 Å². The molecule has 0 aliphatic carbocycles. The number of nitrogens with zero attached hydrogens (tertiary/aromatic N) is 2. The molecule has 1 N–H and O–H groups in total. The predicted molar refractivity (Wildman–Crippen MR) is 65.9 cm³/mol. The van der Waals surface area contributed by atoms with Gasteiger partial charge >= 0.3 is 0 Å². The van der Waals surface area contributed by atoms with Crippen molar-refractivity contribution in [2.45, 2.75) is 31.6 Å². The molecule has 0 aliphatic rings. The Morgan fingerprint density at radius 1 is 1.47 bits per heavy atom. The van der Waals surface area contributed by atoms with Gasteiger partial charge in [-0.2, -0.15) is 5.10 Å². The van der Waals surface area contributed by atoms with Crippen LogP contribution in [0.4, 0.5) is 0 Å². The van der Waals surface area contributed by atoms with Crippen molar-refractivity contribution in [3.63, 3.8) is 0 Å². The van der Waals surface area contributed by atoms with Gasteiger partial charge in [0.25, 0.3) is 0 Å². The molecular formula is C11H17N3O2S. The summed E-state index contributed by atoms with van der Waals surface area (Å²) in [5.41, 5.74) is 1.14. The first-order valence-electron chi connectivity index (χ1n) is 5.33. The zero-order chi connectivity index (χ0) is 13.1. The molecule has 5 nitrogen and oxygen atoms in total. The average Bonchev–Trinajstić information content (AvgIpc) is 2.48. The molecule has 0 aromatic carbocycles. The summed E-state index contributed by atoms with van der Waals surface area (Å²) < 4.78 is 28.2. The van der Waals surface area contributed by atoms with E-state index in [-0.39, 0.29) is 4.90 Å². The summed E-state index contributed by atoms with van der Waals surface area (Å²) in [5.74, 6) is 2.47. The van der Waals surface area contributed by atoms with Crippen LogP contribution in [0.25, 0.3) is 0 Å². The second kappa shape index (κ2) is 5.34. The highest BCUT2D eigenvalue weighted by Gasteiger charge is 2.22. The first-order chi connectivity index (χ1) is 7.90. The molecule has 0 fully saturated rings. The van der Waals surface area contributed by atoms with Crippen LogP contribution in [0, 0.1) is 26.2 Å². The van der Waals surface area contributed by atoms with Gasteiger partial charge in [0.05, 0.1) is 11.4 Å². The van der Waals surface area contributed by atoms with Crippen molar-refractivity contribution in [2.75, 3.05) is 6.54 Å². The van der Waals surface area contributed by atoms with Crippen molar-refractivity contribution < 1.29 is 8.42 Å². The second-order valence-corrected chi connectivity index (χ2v) is 5.53. The van der Waals surface area contributed by atoms with Crippen LogP contribution >= 0.6 is 0 Å². The van der Waals surface area contributed by atoms with Crippen LogP contribution in [-0.4, -0.2) is 24.7 Å². The third-order valence-corrected chi connectivity index (χ3v) is 4.21. The minimum atomic E-state index is -3.48. The molecular weight excluding hydrogens is 238 g/mol. The molecule has 0 aliphatic heterocycles. The minimum absolute atomic E-state index is 0.265. The summed E-state index contributed by atoms with van der Waals surface area (Å²) in [6.07, 6.45) is 6.30. The van der Waals surface area contributed by atoms with Crippen LogP contribution in [0.3, 0.4) is 0 Å². The van der Waals surface area contributed by atoms with Gasteiger partial charge in [-0.15, -0.1) is 12.3 Å². The molecule has 1 rings (SSSR count). The Bertz CT molecular complexity index is 538. The molecule has 0 unspecified atom stereocenters. The Morgan fingerprint density at radius 3 is 2.59 bits per heavy atom. The Morgan fingerprint density at radius 2 is 2.12 bits per heavy atom. The molecule has 1 heterocycles. The third kappa shape index (κ3) is 3.08. The third-order valence-electron chi connectivity index (χ3n) is 2.50. The first-order valence-corrected chi connectivity index (χ1v) is 6.81. The van der Waals surface area contributed by atoms with Crippen LogP contribution in [0.2, 0.25) is 0 Å². The molecule has 0 spiro atoms. The molecule has 94 valence electrons. The number of unbranched alkanes of at least 4 members (excludes halogenated alkanes) is 1. The van der Waals surface area contributed by atoms with Crippen LogP contribution < -0.4 is 4.72 Å². The van der Waals surface area contributed by atoms with Crippen molar-refractivity contribution >= 4 is 10.0 Å². The molecule has 0 radical (unpaired) electrons. The monoisotopic (exact) mass is 255 g/mol. The van der Waals surface area contributed by atoms with E-state index in [2.05, 4.69) is 15.7 Å². The van der Waals surface area contributed by atoms with E-state index < -0.39 is 10.0 Å². The van der Waals surface area contributed by atoms with Gasteiger partial charge in [0.1, 0.15) is 4.90 Å².